The summed E-state index contributed by atoms with van der Waals surface area (Å²) in [5.74, 6) is 0.155. The van der Waals surface area contributed by atoms with Gasteiger partial charge < -0.3 is 5.32 Å². The number of anilines is 1. The number of hydrogen-bond acceptors (Lipinski definition) is 5. The molecule has 0 aliphatic rings. The molecule has 1 heterocycles. The number of aryl methyl sites for hydroxylation is 1. The van der Waals surface area contributed by atoms with Gasteiger partial charge in [-0.3, -0.25) is 0 Å². The van der Waals surface area contributed by atoms with Crippen molar-refractivity contribution in [2.24, 2.45) is 0 Å². The van der Waals surface area contributed by atoms with Crippen molar-refractivity contribution in [1.29, 1.82) is 0 Å². The first-order valence-corrected chi connectivity index (χ1v) is 10.3. The third-order valence-electron chi connectivity index (χ3n) is 3.87. The van der Waals surface area contributed by atoms with Crippen molar-refractivity contribution in [2.45, 2.75) is 51.6 Å². The zero-order valence-corrected chi connectivity index (χ0v) is 17.4. The summed E-state index contributed by atoms with van der Waals surface area (Å²) >= 11 is 6.21. The van der Waals surface area contributed by atoms with E-state index in [0.29, 0.717) is 16.3 Å². The van der Waals surface area contributed by atoms with Gasteiger partial charge in [0.25, 0.3) is 5.16 Å². The van der Waals surface area contributed by atoms with Crippen LogP contribution in [0.5, 0.6) is 0 Å². The summed E-state index contributed by atoms with van der Waals surface area (Å²) in [4.78, 5) is 19.9. The normalized spacial score (nSPS) is 11.7. The van der Waals surface area contributed by atoms with Crippen LogP contribution in [0.1, 0.15) is 56.2 Å². The molecule has 2 N–H and O–H groups in total. The third-order valence-corrected chi connectivity index (χ3v) is 5.24. The second-order valence-electron chi connectivity index (χ2n) is 6.87. The molecule has 2 aromatic rings. The van der Waals surface area contributed by atoms with Gasteiger partial charge in [-0.2, -0.15) is 8.42 Å². The van der Waals surface area contributed by atoms with E-state index in [1.165, 1.54) is 12.4 Å². The second kappa shape index (κ2) is 8.22. The molecule has 0 fully saturated rings. The topological polar surface area (TPSA) is 101 Å². The van der Waals surface area contributed by atoms with Gasteiger partial charge >= 0.3 is 16.1 Å². The minimum Gasteiger partial charge on any atom is -0.307 e. The minimum absolute atomic E-state index is 0.0774. The van der Waals surface area contributed by atoms with Gasteiger partial charge in [-0.25, -0.2) is 19.5 Å². The summed E-state index contributed by atoms with van der Waals surface area (Å²) in [7, 11) is -4.18. The maximum absolute atomic E-state index is 12.4. The number of halogens is 1. The van der Waals surface area contributed by atoms with Crippen molar-refractivity contribution in [3.63, 3.8) is 0 Å². The van der Waals surface area contributed by atoms with Gasteiger partial charge in [0.1, 0.15) is 0 Å². The number of amides is 2. The predicted molar refractivity (Wildman–Crippen MR) is 106 cm³/mol. The highest BCUT2D eigenvalue weighted by Crippen LogP contribution is 2.35. The van der Waals surface area contributed by atoms with Crippen LogP contribution in [0.4, 0.5) is 10.5 Å². The Morgan fingerprint density at radius 3 is 1.96 bits per heavy atom. The molecule has 0 saturated carbocycles. The molecule has 146 valence electrons. The SMILES string of the molecule is Cc1cnc(S(=O)(=O)NC(=O)Nc2c(C(C)C)cc(Cl)cc2C(C)C)nc1. The van der Waals surface area contributed by atoms with Gasteiger partial charge in [-0.05, 0) is 47.6 Å². The van der Waals surface area contributed by atoms with Gasteiger partial charge in [-0.15, -0.1) is 0 Å². The number of benzene rings is 1. The lowest BCUT2D eigenvalue weighted by Gasteiger charge is -2.21. The van der Waals surface area contributed by atoms with E-state index in [9.17, 15) is 13.2 Å². The molecule has 0 radical (unpaired) electrons. The Kier molecular flexibility index (Phi) is 6.43. The molecule has 2 amide bonds. The molecule has 9 heteroatoms. The summed E-state index contributed by atoms with van der Waals surface area (Å²) in [5.41, 5.74) is 2.92. The molecule has 0 atom stereocenters. The largest absolute Gasteiger partial charge is 0.333 e. The van der Waals surface area contributed by atoms with E-state index in [0.717, 1.165) is 11.1 Å². The molecule has 1 aromatic heterocycles. The standard InChI is InChI=1S/C18H23ClN4O3S/c1-10(2)14-6-13(19)7-15(11(3)4)16(14)22-17(24)23-27(25,26)18-20-8-12(5)9-21-18/h6-11H,1-5H3,(H2,22,23,24). The maximum atomic E-state index is 12.4. The van der Waals surface area contributed by atoms with Crippen LogP contribution in [0.3, 0.4) is 0 Å². The molecule has 7 nitrogen and oxygen atoms in total. The molecular formula is C18H23ClN4O3S. The maximum Gasteiger partial charge on any atom is 0.333 e. The van der Waals surface area contributed by atoms with Crippen LogP contribution in [0, 0.1) is 6.92 Å². The summed E-state index contributed by atoms with van der Waals surface area (Å²) in [5, 5.41) is 2.76. The summed E-state index contributed by atoms with van der Waals surface area (Å²) in [6.45, 7) is 9.61. The Balaban J connectivity index is 2.33. The van der Waals surface area contributed by atoms with E-state index in [2.05, 4.69) is 15.3 Å². The summed E-state index contributed by atoms with van der Waals surface area (Å²) in [6.07, 6.45) is 2.73. The van der Waals surface area contributed by atoms with E-state index in [-0.39, 0.29) is 11.8 Å². The van der Waals surface area contributed by atoms with Crippen molar-refractivity contribution in [1.82, 2.24) is 14.7 Å². The Labute approximate surface area is 164 Å². The van der Waals surface area contributed by atoms with Gasteiger partial charge in [0.2, 0.25) is 0 Å². The smallest absolute Gasteiger partial charge is 0.307 e. The summed E-state index contributed by atoms with van der Waals surface area (Å²) in [6, 6.07) is 2.65. The highest BCUT2D eigenvalue weighted by molar-refractivity contribution is 7.89. The summed E-state index contributed by atoms with van der Waals surface area (Å²) < 4.78 is 26.6. The zero-order valence-electron chi connectivity index (χ0n) is 15.9. The van der Waals surface area contributed by atoms with Crippen molar-refractivity contribution >= 4 is 33.3 Å². The first-order valence-electron chi connectivity index (χ1n) is 8.47. The van der Waals surface area contributed by atoms with E-state index >= 15 is 0 Å². The molecular weight excluding hydrogens is 388 g/mol. The quantitative estimate of drug-likeness (QED) is 0.719. The minimum atomic E-state index is -4.18. The highest BCUT2D eigenvalue weighted by Gasteiger charge is 2.23. The Hall–Kier alpha value is -2.19. The number of urea groups is 1. The van der Waals surface area contributed by atoms with E-state index in [1.54, 1.807) is 19.1 Å². The molecule has 27 heavy (non-hydrogen) atoms. The molecule has 0 unspecified atom stereocenters. The Morgan fingerprint density at radius 2 is 1.52 bits per heavy atom. The van der Waals surface area contributed by atoms with E-state index < -0.39 is 21.2 Å². The third kappa shape index (κ3) is 5.17. The average molecular weight is 411 g/mol. The van der Waals surface area contributed by atoms with Crippen LogP contribution in [-0.4, -0.2) is 24.4 Å². The number of hydrogen-bond donors (Lipinski definition) is 2. The van der Waals surface area contributed by atoms with Gasteiger partial charge in [-0.1, -0.05) is 39.3 Å². The zero-order chi connectivity index (χ0) is 20.4. The molecule has 0 aliphatic carbocycles. The number of sulfonamides is 1. The lowest BCUT2D eigenvalue weighted by Crippen LogP contribution is -2.36. The number of nitrogens with zero attached hydrogens (tertiary/aromatic N) is 2. The van der Waals surface area contributed by atoms with Crippen LogP contribution in [0.25, 0.3) is 0 Å². The fraction of sp³-hybridized carbons (Fsp3) is 0.389. The monoisotopic (exact) mass is 410 g/mol. The van der Waals surface area contributed by atoms with Crippen molar-refractivity contribution in [2.75, 3.05) is 5.32 Å². The number of aromatic nitrogens is 2. The van der Waals surface area contributed by atoms with E-state index in [1.807, 2.05) is 32.4 Å². The molecule has 0 saturated heterocycles. The van der Waals surface area contributed by atoms with Crippen LogP contribution >= 0.6 is 11.6 Å². The predicted octanol–water partition coefficient (Wildman–Crippen LogP) is 4.20. The molecule has 0 bridgehead atoms. The molecule has 2 rings (SSSR count). The number of nitrogens with one attached hydrogen (secondary N) is 2. The Morgan fingerprint density at radius 1 is 1.04 bits per heavy atom. The van der Waals surface area contributed by atoms with Gasteiger partial charge in [0.05, 0.1) is 0 Å². The lowest BCUT2D eigenvalue weighted by molar-refractivity contribution is 0.256. The first kappa shape index (κ1) is 21.1. The second-order valence-corrected chi connectivity index (χ2v) is 8.88. The number of rotatable bonds is 5. The van der Waals surface area contributed by atoms with Crippen molar-refractivity contribution in [3.8, 4) is 0 Å². The van der Waals surface area contributed by atoms with Gasteiger partial charge in [0, 0.05) is 23.1 Å². The Bertz CT molecular complexity index is 913. The molecule has 0 aliphatic heterocycles. The van der Waals surface area contributed by atoms with Crippen LogP contribution in [0.2, 0.25) is 5.02 Å². The first-order chi connectivity index (χ1) is 12.5. The van der Waals surface area contributed by atoms with Crippen LogP contribution in [-0.2, 0) is 10.0 Å². The van der Waals surface area contributed by atoms with Gasteiger partial charge in [0.15, 0.2) is 0 Å². The molecule has 0 spiro atoms. The highest BCUT2D eigenvalue weighted by atomic mass is 35.5. The van der Waals surface area contributed by atoms with E-state index in [4.69, 9.17) is 11.6 Å². The van der Waals surface area contributed by atoms with Crippen molar-refractivity contribution in [3.05, 3.63) is 46.2 Å². The van der Waals surface area contributed by atoms with Crippen LogP contribution in [0.15, 0.2) is 29.7 Å². The average Bonchev–Trinajstić information content (AvgIpc) is 2.55. The van der Waals surface area contributed by atoms with Crippen LogP contribution < -0.4 is 10.0 Å². The van der Waals surface area contributed by atoms with Crippen molar-refractivity contribution < 1.29 is 13.2 Å². The lowest BCUT2D eigenvalue weighted by atomic mass is 9.92. The fourth-order valence-electron chi connectivity index (χ4n) is 2.53. The number of carbonyl (C=O) groups excluding carboxylic acids is 1. The molecule has 1 aromatic carbocycles. The number of carbonyl (C=O) groups is 1. The fourth-order valence-corrected chi connectivity index (χ4v) is 3.54.